The van der Waals surface area contributed by atoms with E-state index in [1.807, 2.05) is 20.8 Å². The zero-order valence-electron chi connectivity index (χ0n) is 11.7. The van der Waals surface area contributed by atoms with Crippen LogP contribution < -0.4 is 0 Å². The molecule has 0 amide bonds. The van der Waals surface area contributed by atoms with Crippen molar-refractivity contribution in [2.24, 2.45) is 5.41 Å². The minimum Gasteiger partial charge on any atom is -0.479 e. The number of ketones is 1. The summed E-state index contributed by atoms with van der Waals surface area (Å²) in [6.45, 7) is 6.98. The van der Waals surface area contributed by atoms with E-state index in [9.17, 15) is 14.7 Å². The van der Waals surface area contributed by atoms with Gasteiger partial charge in [-0.05, 0) is 12.3 Å². The maximum atomic E-state index is 12.2. The van der Waals surface area contributed by atoms with Crippen molar-refractivity contribution in [2.75, 3.05) is 0 Å². The van der Waals surface area contributed by atoms with Crippen molar-refractivity contribution in [2.45, 2.75) is 39.7 Å². The second-order valence-electron chi connectivity index (χ2n) is 6.08. The fourth-order valence-corrected chi connectivity index (χ4v) is 1.84. The summed E-state index contributed by atoms with van der Waals surface area (Å²) in [5.41, 5.74) is -1.86. The molecular formula is C15H20O4. The number of carboxylic acids is 1. The molecular weight excluding hydrogens is 244 g/mol. The van der Waals surface area contributed by atoms with Crippen molar-refractivity contribution < 1.29 is 19.8 Å². The maximum Gasteiger partial charge on any atom is 0.340 e. The molecule has 1 atom stereocenters. The number of rotatable bonds is 4. The molecule has 0 aliphatic rings. The van der Waals surface area contributed by atoms with Crippen LogP contribution in [0.15, 0.2) is 24.3 Å². The van der Waals surface area contributed by atoms with Crippen molar-refractivity contribution in [1.82, 2.24) is 0 Å². The Labute approximate surface area is 113 Å². The van der Waals surface area contributed by atoms with Crippen LogP contribution in [0, 0.1) is 5.41 Å². The van der Waals surface area contributed by atoms with Gasteiger partial charge in [-0.15, -0.1) is 0 Å². The predicted molar refractivity (Wildman–Crippen MR) is 72.1 cm³/mol. The topological polar surface area (TPSA) is 74.6 Å². The summed E-state index contributed by atoms with van der Waals surface area (Å²) in [4.78, 5) is 23.4. The van der Waals surface area contributed by atoms with Gasteiger partial charge in [0.25, 0.3) is 0 Å². The Kier molecular flexibility index (Phi) is 4.15. The van der Waals surface area contributed by atoms with E-state index in [1.165, 1.54) is 13.0 Å². The molecule has 4 nitrogen and oxygen atoms in total. The number of hydrogen-bond acceptors (Lipinski definition) is 3. The highest BCUT2D eigenvalue weighted by Crippen LogP contribution is 2.28. The molecule has 0 bridgehead atoms. The molecule has 1 aromatic rings. The summed E-state index contributed by atoms with van der Waals surface area (Å²) in [6, 6.07) is 6.31. The number of aliphatic hydroxyl groups is 1. The first-order valence-corrected chi connectivity index (χ1v) is 6.14. The third-order valence-electron chi connectivity index (χ3n) is 2.86. The lowest BCUT2D eigenvalue weighted by molar-refractivity contribution is -0.157. The minimum atomic E-state index is -2.07. The smallest absolute Gasteiger partial charge is 0.340 e. The highest BCUT2D eigenvalue weighted by Gasteiger charge is 2.35. The van der Waals surface area contributed by atoms with E-state index in [0.29, 0.717) is 6.42 Å². The van der Waals surface area contributed by atoms with Crippen LogP contribution in [0.3, 0.4) is 0 Å². The van der Waals surface area contributed by atoms with Crippen molar-refractivity contribution >= 4 is 11.8 Å². The monoisotopic (exact) mass is 264 g/mol. The fourth-order valence-electron chi connectivity index (χ4n) is 1.84. The molecule has 0 saturated carbocycles. The zero-order chi connectivity index (χ0) is 14.8. The van der Waals surface area contributed by atoms with Gasteiger partial charge in [-0.3, -0.25) is 4.79 Å². The molecule has 19 heavy (non-hydrogen) atoms. The van der Waals surface area contributed by atoms with Gasteiger partial charge in [-0.1, -0.05) is 45.0 Å². The Hall–Kier alpha value is -1.68. The lowest BCUT2D eigenvalue weighted by Crippen LogP contribution is -2.34. The number of Topliss-reactive ketones (excluding diaryl/α,β-unsaturated/α-hetero) is 1. The fraction of sp³-hybridized carbons (Fsp3) is 0.467. The number of aliphatic carboxylic acids is 1. The van der Waals surface area contributed by atoms with Crippen molar-refractivity contribution in [3.8, 4) is 0 Å². The quantitative estimate of drug-likeness (QED) is 0.820. The average molecular weight is 264 g/mol. The van der Waals surface area contributed by atoms with E-state index < -0.39 is 11.6 Å². The summed E-state index contributed by atoms with van der Waals surface area (Å²) in [5.74, 6) is -1.53. The lowest BCUT2D eigenvalue weighted by Gasteiger charge is -2.23. The molecule has 2 N–H and O–H groups in total. The van der Waals surface area contributed by atoms with Crippen LogP contribution in [0.4, 0.5) is 0 Å². The molecule has 0 aliphatic carbocycles. The van der Waals surface area contributed by atoms with Crippen molar-refractivity contribution in [3.05, 3.63) is 35.4 Å². The highest BCUT2D eigenvalue weighted by molar-refractivity contribution is 5.99. The molecule has 1 unspecified atom stereocenters. The van der Waals surface area contributed by atoms with Crippen molar-refractivity contribution in [3.63, 3.8) is 0 Å². The summed E-state index contributed by atoms with van der Waals surface area (Å²) in [7, 11) is 0. The Morgan fingerprint density at radius 2 is 1.63 bits per heavy atom. The normalized spacial score (nSPS) is 14.8. The summed E-state index contributed by atoms with van der Waals surface area (Å²) in [5, 5.41) is 19.1. The summed E-state index contributed by atoms with van der Waals surface area (Å²) >= 11 is 0. The number of hydrogen-bond donors (Lipinski definition) is 2. The highest BCUT2D eigenvalue weighted by atomic mass is 16.4. The largest absolute Gasteiger partial charge is 0.479 e. The van der Waals surface area contributed by atoms with E-state index >= 15 is 0 Å². The Morgan fingerprint density at radius 1 is 1.11 bits per heavy atom. The lowest BCUT2D eigenvalue weighted by atomic mass is 9.83. The molecule has 0 spiro atoms. The van der Waals surface area contributed by atoms with Gasteiger partial charge in [-0.25, -0.2) is 4.79 Å². The van der Waals surface area contributed by atoms with Crippen LogP contribution in [0.1, 0.15) is 50.0 Å². The van der Waals surface area contributed by atoms with Gasteiger partial charge in [0.2, 0.25) is 0 Å². The first-order chi connectivity index (χ1) is 8.55. The SMILES string of the molecule is CC(C)(C)CC(=O)c1ccccc1C(C)(O)C(=O)O. The second kappa shape index (κ2) is 5.13. The molecule has 0 aromatic heterocycles. The minimum absolute atomic E-state index is 0.136. The molecule has 4 heteroatoms. The summed E-state index contributed by atoms with van der Waals surface area (Å²) < 4.78 is 0. The molecule has 0 saturated heterocycles. The van der Waals surface area contributed by atoms with Crippen molar-refractivity contribution in [1.29, 1.82) is 0 Å². The molecule has 1 aromatic carbocycles. The third-order valence-corrected chi connectivity index (χ3v) is 2.86. The van der Waals surface area contributed by atoms with Gasteiger partial charge in [-0.2, -0.15) is 0 Å². The molecule has 1 rings (SSSR count). The number of carbonyl (C=O) groups is 2. The molecule has 104 valence electrons. The molecule has 0 heterocycles. The molecule has 0 fully saturated rings. The van der Waals surface area contributed by atoms with E-state index in [2.05, 4.69) is 0 Å². The first-order valence-electron chi connectivity index (χ1n) is 6.14. The van der Waals surface area contributed by atoms with Crippen LogP contribution in [0.25, 0.3) is 0 Å². The van der Waals surface area contributed by atoms with Gasteiger partial charge in [0.05, 0.1) is 0 Å². The van der Waals surface area contributed by atoms with Crippen LogP contribution in [-0.2, 0) is 10.4 Å². The Balaban J connectivity index is 3.24. The van der Waals surface area contributed by atoms with Gasteiger partial charge >= 0.3 is 5.97 Å². The van der Waals surface area contributed by atoms with Gasteiger partial charge in [0.15, 0.2) is 11.4 Å². The Bertz CT molecular complexity index is 495. The van der Waals surface area contributed by atoms with E-state index in [1.54, 1.807) is 18.2 Å². The Morgan fingerprint density at radius 3 is 2.11 bits per heavy atom. The van der Waals surface area contributed by atoms with E-state index in [4.69, 9.17) is 5.11 Å². The van der Waals surface area contributed by atoms with E-state index in [0.717, 1.165) is 0 Å². The second-order valence-corrected chi connectivity index (χ2v) is 6.08. The zero-order valence-corrected chi connectivity index (χ0v) is 11.7. The molecule has 0 aliphatic heterocycles. The van der Waals surface area contributed by atoms with Crippen LogP contribution >= 0.6 is 0 Å². The predicted octanol–water partition coefficient (Wildman–Crippen LogP) is 2.60. The number of carboxylic acid groups (broad SMARTS) is 1. The maximum absolute atomic E-state index is 12.2. The number of carbonyl (C=O) groups excluding carboxylic acids is 1. The summed E-state index contributed by atoms with van der Waals surface area (Å²) in [6.07, 6.45) is 0.291. The van der Waals surface area contributed by atoms with Crippen LogP contribution in [-0.4, -0.2) is 22.0 Å². The van der Waals surface area contributed by atoms with Gasteiger partial charge in [0, 0.05) is 17.5 Å². The third kappa shape index (κ3) is 3.64. The number of benzene rings is 1. The molecule has 0 radical (unpaired) electrons. The standard InChI is InChI=1S/C15H20O4/c1-14(2,3)9-12(16)10-7-5-6-8-11(10)15(4,19)13(17)18/h5-8,19H,9H2,1-4H3,(H,17,18). The van der Waals surface area contributed by atoms with Gasteiger partial charge < -0.3 is 10.2 Å². The van der Waals surface area contributed by atoms with Crippen LogP contribution in [0.2, 0.25) is 0 Å². The first kappa shape index (κ1) is 15.4. The van der Waals surface area contributed by atoms with Gasteiger partial charge in [0.1, 0.15) is 0 Å². The van der Waals surface area contributed by atoms with E-state index in [-0.39, 0.29) is 22.3 Å². The van der Waals surface area contributed by atoms with Crippen LogP contribution in [0.5, 0.6) is 0 Å². The average Bonchev–Trinajstić information content (AvgIpc) is 2.26.